The van der Waals surface area contributed by atoms with Crippen LogP contribution in [0.2, 0.25) is 5.02 Å². The molecule has 0 bridgehead atoms. The number of morpholine rings is 1. The van der Waals surface area contributed by atoms with Crippen molar-refractivity contribution in [1.29, 1.82) is 0 Å². The zero-order valence-electron chi connectivity index (χ0n) is 15.3. The molecule has 0 aliphatic carbocycles. The number of piperazine rings is 1. The first kappa shape index (κ1) is 18.1. The van der Waals surface area contributed by atoms with E-state index in [-0.39, 0.29) is 5.91 Å². The van der Waals surface area contributed by atoms with Crippen molar-refractivity contribution in [2.24, 2.45) is 0 Å². The molecule has 2 saturated heterocycles. The number of benzene rings is 2. The number of carbonyl (C=O) groups excluding carboxylic acids is 1. The molecule has 2 fully saturated rings. The van der Waals surface area contributed by atoms with Crippen LogP contribution in [0, 0.1) is 0 Å². The highest BCUT2D eigenvalue weighted by Gasteiger charge is 2.25. The monoisotopic (exact) mass is 385 g/mol. The minimum atomic E-state index is 0.0543. The Bertz CT molecular complexity index is 800. The van der Waals surface area contributed by atoms with E-state index in [1.165, 1.54) is 11.4 Å². The van der Waals surface area contributed by atoms with E-state index in [9.17, 15) is 4.79 Å². The normalized spacial score (nSPS) is 17.9. The lowest BCUT2D eigenvalue weighted by molar-refractivity contribution is 0.0746. The first-order valence-electron chi connectivity index (χ1n) is 9.44. The Kier molecular flexibility index (Phi) is 5.50. The SMILES string of the molecule is O=C(c1cccc(Cl)c1)N1CCN(c2ccccc2N2CCOCC2)CC1. The highest BCUT2D eigenvalue weighted by molar-refractivity contribution is 6.30. The summed E-state index contributed by atoms with van der Waals surface area (Å²) in [7, 11) is 0. The van der Waals surface area contributed by atoms with E-state index in [1.54, 1.807) is 12.1 Å². The smallest absolute Gasteiger partial charge is 0.254 e. The van der Waals surface area contributed by atoms with Crippen molar-refractivity contribution >= 4 is 28.9 Å². The van der Waals surface area contributed by atoms with E-state index in [0.29, 0.717) is 23.7 Å². The van der Waals surface area contributed by atoms with Gasteiger partial charge in [-0.05, 0) is 30.3 Å². The largest absolute Gasteiger partial charge is 0.378 e. The molecule has 5 nitrogen and oxygen atoms in total. The fourth-order valence-corrected chi connectivity index (χ4v) is 3.95. The summed E-state index contributed by atoms with van der Waals surface area (Å²) in [4.78, 5) is 19.4. The second-order valence-electron chi connectivity index (χ2n) is 6.88. The molecular weight excluding hydrogens is 362 g/mol. The Morgan fingerprint density at radius 1 is 0.815 bits per heavy atom. The molecule has 2 heterocycles. The Morgan fingerprint density at radius 3 is 2.07 bits per heavy atom. The molecule has 0 aromatic heterocycles. The van der Waals surface area contributed by atoms with E-state index in [4.69, 9.17) is 16.3 Å². The van der Waals surface area contributed by atoms with E-state index in [2.05, 4.69) is 34.1 Å². The number of nitrogens with zero attached hydrogens (tertiary/aromatic N) is 3. The van der Waals surface area contributed by atoms with Gasteiger partial charge in [0.2, 0.25) is 0 Å². The molecule has 4 rings (SSSR count). The van der Waals surface area contributed by atoms with Crippen molar-refractivity contribution in [2.75, 3.05) is 62.3 Å². The number of hydrogen-bond donors (Lipinski definition) is 0. The van der Waals surface area contributed by atoms with Gasteiger partial charge in [-0.3, -0.25) is 4.79 Å². The van der Waals surface area contributed by atoms with Crippen LogP contribution in [0.25, 0.3) is 0 Å². The minimum absolute atomic E-state index is 0.0543. The highest BCUT2D eigenvalue weighted by Crippen LogP contribution is 2.30. The van der Waals surface area contributed by atoms with Crippen molar-refractivity contribution < 1.29 is 9.53 Å². The summed E-state index contributed by atoms with van der Waals surface area (Å²) in [6, 6.07) is 15.7. The summed E-state index contributed by atoms with van der Waals surface area (Å²) in [6.45, 7) is 6.47. The summed E-state index contributed by atoms with van der Waals surface area (Å²) in [5, 5.41) is 0.596. The zero-order chi connectivity index (χ0) is 18.6. The summed E-state index contributed by atoms with van der Waals surface area (Å²) in [5.41, 5.74) is 3.16. The third-order valence-electron chi connectivity index (χ3n) is 5.21. The first-order valence-corrected chi connectivity index (χ1v) is 9.82. The van der Waals surface area contributed by atoms with Crippen LogP contribution in [-0.2, 0) is 4.74 Å². The van der Waals surface area contributed by atoms with Crippen LogP contribution < -0.4 is 9.80 Å². The number of anilines is 2. The van der Waals surface area contributed by atoms with Gasteiger partial charge in [0.15, 0.2) is 0 Å². The zero-order valence-corrected chi connectivity index (χ0v) is 16.1. The van der Waals surface area contributed by atoms with Crippen molar-refractivity contribution in [3.05, 3.63) is 59.1 Å². The second kappa shape index (κ2) is 8.19. The quantitative estimate of drug-likeness (QED) is 0.813. The number of amides is 1. The lowest BCUT2D eigenvalue weighted by Gasteiger charge is -2.39. The Morgan fingerprint density at radius 2 is 1.44 bits per heavy atom. The molecule has 27 heavy (non-hydrogen) atoms. The molecule has 0 N–H and O–H groups in total. The molecule has 0 radical (unpaired) electrons. The average Bonchev–Trinajstić information content (AvgIpc) is 2.74. The van der Waals surface area contributed by atoms with Crippen molar-refractivity contribution in [3.8, 4) is 0 Å². The summed E-state index contributed by atoms with van der Waals surface area (Å²) < 4.78 is 5.49. The van der Waals surface area contributed by atoms with Gasteiger partial charge in [-0.1, -0.05) is 29.8 Å². The first-order chi connectivity index (χ1) is 13.2. The predicted molar refractivity (Wildman–Crippen MR) is 109 cm³/mol. The molecule has 6 heteroatoms. The van der Waals surface area contributed by atoms with Gasteiger partial charge in [0.25, 0.3) is 5.91 Å². The Labute approximate surface area is 165 Å². The van der Waals surface area contributed by atoms with E-state index >= 15 is 0 Å². The number of para-hydroxylation sites is 2. The van der Waals surface area contributed by atoms with Crippen molar-refractivity contribution in [3.63, 3.8) is 0 Å². The van der Waals surface area contributed by atoms with E-state index in [0.717, 1.165) is 39.4 Å². The van der Waals surface area contributed by atoms with Crippen LogP contribution in [0.3, 0.4) is 0 Å². The van der Waals surface area contributed by atoms with E-state index < -0.39 is 0 Å². The van der Waals surface area contributed by atoms with Crippen LogP contribution in [0.5, 0.6) is 0 Å². The van der Waals surface area contributed by atoms with Gasteiger partial charge in [0.1, 0.15) is 0 Å². The fraction of sp³-hybridized carbons (Fsp3) is 0.381. The molecule has 0 spiro atoms. The van der Waals surface area contributed by atoms with Crippen molar-refractivity contribution in [1.82, 2.24) is 4.90 Å². The molecule has 2 aliphatic rings. The van der Waals surface area contributed by atoms with Crippen LogP contribution in [0.1, 0.15) is 10.4 Å². The third-order valence-corrected chi connectivity index (χ3v) is 5.45. The van der Waals surface area contributed by atoms with Gasteiger partial charge < -0.3 is 19.4 Å². The molecule has 142 valence electrons. The molecule has 0 unspecified atom stereocenters. The minimum Gasteiger partial charge on any atom is -0.378 e. The Hall–Kier alpha value is -2.24. The summed E-state index contributed by atoms with van der Waals surface area (Å²) in [6.07, 6.45) is 0. The fourth-order valence-electron chi connectivity index (χ4n) is 3.76. The molecule has 1 amide bonds. The lowest BCUT2D eigenvalue weighted by Crippen LogP contribution is -2.49. The van der Waals surface area contributed by atoms with E-state index in [1.807, 2.05) is 17.0 Å². The van der Waals surface area contributed by atoms with Crippen LogP contribution in [0.4, 0.5) is 11.4 Å². The average molecular weight is 386 g/mol. The standard InChI is InChI=1S/C21H24ClN3O2/c22-18-5-3-4-17(16-18)21(26)25-10-8-23(9-11-25)19-6-1-2-7-20(19)24-12-14-27-15-13-24/h1-7,16H,8-15H2. The molecule has 2 aliphatic heterocycles. The van der Waals surface area contributed by atoms with Crippen LogP contribution in [-0.4, -0.2) is 63.3 Å². The summed E-state index contributed by atoms with van der Waals surface area (Å²) in [5.74, 6) is 0.0543. The Balaban J connectivity index is 1.44. The van der Waals surface area contributed by atoms with Crippen LogP contribution in [0.15, 0.2) is 48.5 Å². The molecule has 0 atom stereocenters. The topological polar surface area (TPSA) is 36.0 Å². The van der Waals surface area contributed by atoms with Gasteiger partial charge in [0.05, 0.1) is 24.6 Å². The number of halogens is 1. The maximum absolute atomic E-state index is 12.7. The van der Waals surface area contributed by atoms with Gasteiger partial charge in [-0.15, -0.1) is 0 Å². The highest BCUT2D eigenvalue weighted by atomic mass is 35.5. The number of hydrogen-bond acceptors (Lipinski definition) is 4. The molecule has 2 aromatic rings. The van der Waals surface area contributed by atoms with Gasteiger partial charge >= 0.3 is 0 Å². The maximum Gasteiger partial charge on any atom is 0.254 e. The van der Waals surface area contributed by atoms with Gasteiger partial charge in [-0.25, -0.2) is 0 Å². The predicted octanol–water partition coefficient (Wildman–Crippen LogP) is 3.14. The second-order valence-corrected chi connectivity index (χ2v) is 7.31. The molecule has 2 aromatic carbocycles. The molecule has 0 saturated carbocycles. The van der Waals surface area contributed by atoms with Gasteiger partial charge in [0, 0.05) is 49.9 Å². The number of carbonyl (C=O) groups is 1. The molecular formula is C21H24ClN3O2. The maximum atomic E-state index is 12.7. The number of ether oxygens (including phenoxy) is 1. The number of rotatable bonds is 3. The third kappa shape index (κ3) is 4.04. The summed E-state index contributed by atoms with van der Waals surface area (Å²) >= 11 is 6.03. The van der Waals surface area contributed by atoms with Gasteiger partial charge in [-0.2, -0.15) is 0 Å². The lowest BCUT2D eigenvalue weighted by atomic mass is 10.1. The van der Waals surface area contributed by atoms with Crippen LogP contribution >= 0.6 is 11.6 Å². The van der Waals surface area contributed by atoms with Crippen molar-refractivity contribution in [2.45, 2.75) is 0 Å².